The van der Waals surface area contributed by atoms with Crippen LogP contribution in [0.1, 0.15) is 5.56 Å². The molecular formula is C19H12Cl2F3NO2. The number of aryl methyl sites for hydroxylation is 1. The van der Waals surface area contributed by atoms with Crippen LogP contribution >= 0.6 is 23.2 Å². The molecule has 2 aromatic carbocycles. The predicted molar refractivity (Wildman–Crippen MR) is 98.7 cm³/mol. The standard InChI is InChI=1S/C19H12Cl2F3NO2/c1-25-9-16(11-3-2-4-12(5-11)19(22,23)24)18(26)17(10-25)27-15-7-13(20)6-14(21)8-15/h2-10H,1H3. The van der Waals surface area contributed by atoms with Gasteiger partial charge in [-0.05, 0) is 35.9 Å². The lowest BCUT2D eigenvalue weighted by Gasteiger charge is -2.12. The Balaban J connectivity index is 2.08. The summed E-state index contributed by atoms with van der Waals surface area (Å²) in [6.07, 6.45) is -1.64. The Labute approximate surface area is 162 Å². The van der Waals surface area contributed by atoms with Gasteiger partial charge in [0.1, 0.15) is 5.75 Å². The first kappa shape index (κ1) is 19.3. The highest BCUT2D eigenvalue weighted by molar-refractivity contribution is 6.34. The molecule has 8 heteroatoms. The highest BCUT2D eigenvalue weighted by Gasteiger charge is 2.30. The first-order valence-electron chi connectivity index (χ1n) is 7.65. The van der Waals surface area contributed by atoms with Crippen molar-refractivity contribution in [3.8, 4) is 22.6 Å². The predicted octanol–water partition coefficient (Wildman–Crippen LogP) is 6.17. The van der Waals surface area contributed by atoms with E-state index < -0.39 is 17.2 Å². The topological polar surface area (TPSA) is 31.2 Å². The van der Waals surface area contributed by atoms with Gasteiger partial charge in [0.05, 0.1) is 11.8 Å². The van der Waals surface area contributed by atoms with Crippen molar-refractivity contribution in [1.82, 2.24) is 4.57 Å². The molecule has 0 spiro atoms. The van der Waals surface area contributed by atoms with Crippen molar-refractivity contribution in [3.63, 3.8) is 0 Å². The van der Waals surface area contributed by atoms with Crippen LogP contribution in [0, 0.1) is 0 Å². The molecule has 0 atom stereocenters. The third-order valence-electron chi connectivity index (χ3n) is 3.69. The van der Waals surface area contributed by atoms with E-state index in [1.165, 1.54) is 47.3 Å². The fourth-order valence-corrected chi connectivity index (χ4v) is 3.04. The lowest BCUT2D eigenvalue weighted by atomic mass is 10.0. The number of halogens is 5. The van der Waals surface area contributed by atoms with E-state index in [9.17, 15) is 18.0 Å². The van der Waals surface area contributed by atoms with Gasteiger partial charge in [0.15, 0.2) is 5.75 Å². The Morgan fingerprint density at radius 3 is 2.30 bits per heavy atom. The molecule has 3 nitrogen and oxygen atoms in total. The second-order valence-electron chi connectivity index (χ2n) is 5.82. The number of aromatic nitrogens is 1. The minimum atomic E-state index is -4.51. The minimum absolute atomic E-state index is 0.0641. The molecule has 3 aromatic rings. The number of benzene rings is 2. The molecule has 0 saturated carbocycles. The van der Waals surface area contributed by atoms with Gasteiger partial charge in [-0.3, -0.25) is 4.79 Å². The van der Waals surface area contributed by atoms with Gasteiger partial charge in [0.2, 0.25) is 5.43 Å². The fourth-order valence-electron chi connectivity index (χ4n) is 2.53. The van der Waals surface area contributed by atoms with Crippen LogP contribution in [-0.2, 0) is 13.2 Å². The number of alkyl halides is 3. The van der Waals surface area contributed by atoms with Gasteiger partial charge < -0.3 is 9.30 Å². The molecule has 0 aliphatic heterocycles. The number of nitrogens with zero attached hydrogens (tertiary/aromatic N) is 1. The summed E-state index contributed by atoms with van der Waals surface area (Å²) in [6.45, 7) is 0. The summed E-state index contributed by atoms with van der Waals surface area (Å²) in [5.74, 6) is 0.177. The Bertz CT molecular complexity index is 1040. The van der Waals surface area contributed by atoms with Gasteiger partial charge in [-0.1, -0.05) is 35.3 Å². The summed E-state index contributed by atoms with van der Waals surface area (Å²) in [7, 11) is 1.63. The molecule has 0 saturated heterocycles. The second kappa shape index (κ2) is 7.29. The lowest BCUT2D eigenvalue weighted by molar-refractivity contribution is -0.137. The maximum Gasteiger partial charge on any atom is 0.416 e. The second-order valence-corrected chi connectivity index (χ2v) is 6.69. The average Bonchev–Trinajstić information content (AvgIpc) is 2.56. The summed E-state index contributed by atoms with van der Waals surface area (Å²) < 4.78 is 46.0. The molecule has 1 heterocycles. The monoisotopic (exact) mass is 413 g/mol. The van der Waals surface area contributed by atoms with Crippen LogP contribution in [0.15, 0.2) is 59.7 Å². The normalized spacial score (nSPS) is 11.5. The largest absolute Gasteiger partial charge is 0.452 e. The van der Waals surface area contributed by atoms with E-state index in [-0.39, 0.29) is 22.6 Å². The molecule has 0 unspecified atom stereocenters. The van der Waals surface area contributed by atoms with E-state index in [0.29, 0.717) is 10.0 Å². The Morgan fingerprint density at radius 2 is 1.67 bits per heavy atom. The molecule has 0 bridgehead atoms. The number of ether oxygens (including phenoxy) is 1. The fraction of sp³-hybridized carbons (Fsp3) is 0.105. The summed E-state index contributed by atoms with van der Waals surface area (Å²) in [5, 5.41) is 0.645. The van der Waals surface area contributed by atoms with E-state index in [4.69, 9.17) is 27.9 Å². The van der Waals surface area contributed by atoms with Gasteiger partial charge in [0, 0.05) is 28.9 Å². The lowest BCUT2D eigenvalue weighted by Crippen LogP contribution is -2.12. The molecular weight excluding hydrogens is 402 g/mol. The van der Waals surface area contributed by atoms with Crippen LogP contribution < -0.4 is 10.2 Å². The van der Waals surface area contributed by atoms with Gasteiger partial charge in [-0.2, -0.15) is 13.2 Å². The molecule has 0 N–H and O–H groups in total. The number of rotatable bonds is 3. The summed E-state index contributed by atoms with van der Waals surface area (Å²) in [4.78, 5) is 12.8. The van der Waals surface area contributed by atoms with Gasteiger partial charge in [0.25, 0.3) is 0 Å². The van der Waals surface area contributed by atoms with Crippen LogP contribution in [-0.4, -0.2) is 4.57 Å². The maximum absolute atomic E-state index is 13.0. The number of hydrogen-bond acceptors (Lipinski definition) is 2. The maximum atomic E-state index is 13.0. The molecule has 0 amide bonds. The van der Waals surface area contributed by atoms with Crippen molar-refractivity contribution in [2.24, 2.45) is 7.05 Å². The first-order valence-corrected chi connectivity index (χ1v) is 8.41. The third-order valence-corrected chi connectivity index (χ3v) is 4.12. The highest BCUT2D eigenvalue weighted by atomic mass is 35.5. The molecule has 1 aromatic heterocycles. The van der Waals surface area contributed by atoms with Crippen LogP contribution in [0.3, 0.4) is 0 Å². The smallest absolute Gasteiger partial charge is 0.416 e. The summed E-state index contributed by atoms with van der Waals surface area (Å²) in [5.41, 5.74) is -1.17. The molecule has 0 aliphatic carbocycles. The number of pyridine rings is 1. The van der Waals surface area contributed by atoms with Gasteiger partial charge in [-0.25, -0.2) is 0 Å². The van der Waals surface area contributed by atoms with E-state index >= 15 is 0 Å². The van der Waals surface area contributed by atoms with Crippen molar-refractivity contribution >= 4 is 23.2 Å². The summed E-state index contributed by atoms with van der Waals surface area (Å²) in [6, 6.07) is 9.02. The molecule has 140 valence electrons. The number of hydrogen-bond donors (Lipinski definition) is 0. The van der Waals surface area contributed by atoms with Gasteiger partial charge in [-0.15, -0.1) is 0 Å². The van der Waals surface area contributed by atoms with Gasteiger partial charge >= 0.3 is 6.18 Å². The first-order chi connectivity index (χ1) is 12.6. The van der Waals surface area contributed by atoms with E-state index in [1.807, 2.05) is 0 Å². The van der Waals surface area contributed by atoms with Crippen LogP contribution in [0.5, 0.6) is 11.5 Å². The van der Waals surface area contributed by atoms with Crippen molar-refractivity contribution in [3.05, 3.63) is 80.7 Å². The molecule has 0 radical (unpaired) electrons. The Kier molecular flexibility index (Phi) is 5.22. The minimum Gasteiger partial charge on any atom is -0.452 e. The molecule has 0 fully saturated rings. The van der Waals surface area contributed by atoms with Crippen molar-refractivity contribution < 1.29 is 17.9 Å². The zero-order valence-corrected chi connectivity index (χ0v) is 15.4. The average molecular weight is 414 g/mol. The van der Waals surface area contributed by atoms with Crippen molar-refractivity contribution in [2.45, 2.75) is 6.18 Å². The zero-order chi connectivity index (χ0) is 19.8. The SMILES string of the molecule is Cn1cc(Oc2cc(Cl)cc(Cl)c2)c(=O)c(-c2cccc(C(F)(F)F)c2)c1. The van der Waals surface area contributed by atoms with Crippen LogP contribution in [0.2, 0.25) is 10.0 Å². The van der Waals surface area contributed by atoms with E-state index in [1.54, 1.807) is 7.05 Å². The van der Waals surface area contributed by atoms with E-state index in [2.05, 4.69) is 0 Å². The summed E-state index contributed by atoms with van der Waals surface area (Å²) >= 11 is 11.8. The third kappa shape index (κ3) is 4.46. The Hall–Kier alpha value is -2.44. The van der Waals surface area contributed by atoms with Crippen molar-refractivity contribution in [2.75, 3.05) is 0 Å². The van der Waals surface area contributed by atoms with E-state index in [0.717, 1.165) is 12.1 Å². The molecule has 3 rings (SSSR count). The Morgan fingerprint density at radius 1 is 1.00 bits per heavy atom. The quantitative estimate of drug-likeness (QED) is 0.513. The van der Waals surface area contributed by atoms with Crippen molar-refractivity contribution in [1.29, 1.82) is 0 Å². The van der Waals surface area contributed by atoms with Crippen LogP contribution in [0.4, 0.5) is 13.2 Å². The highest BCUT2D eigenvalue weighted by Crippen LogP contribution is 2.32. The zero-order valence-electron chi connectivity index (χ0n) is 13.8. The van der Waals surface area contributed by atoms with Crippen LogP contribution in [0.25, 0.3) is 11.1 Å². The molecule has 0 aliphatic rings. The molecule has 27 heavy (non-hydrogen) atoms.